The van der Waals surface area contributed by atoms with Crippen LogP contribution >= 0.6 is 0 Å². The molecule has 1 fully saturated rings. The zero-order chi connectivity index (χ0) is 12.3. The zero-order valence-electron chi connectivity index (χ0n) is 11.0. The molecule has 0 spiro atoms. The topological polar surface area (TPSA) is 17.1 Å². The first-order chi connectivity index (χ1) is 8.16. The number of aryl methyl sites for hydroxylation is 2. The minimum absolute atomic E-state index is 0.319. The van der Waals surface area contributed by atoms with Gasteiger partial charge in [-0.3, -0.25) is 4.79 Å². The van der Waals surface area contributed by atoms with Crippen molar-refractivity contribution in [1.29, 1.82) is 0 Å². The van der Waals surface area contributed by atoms with Crippen LogP contribution in [0, 0.1) is 19.8 Å². The van der Waals surface area contributed by atoms with E-state index in [4.69, 9.17) is 0 Å². The molecule has 0 aliphatic heterocycles. The lowest BCUT2D eigenvalue weighted by Gasteiger charge is -2.08. The molecule has 0 bridgehead atoms. The molecule has 1 aliphatic carbocycles. The van der Waals surface area contributed by atoms with Gasteiger partial charge >= 0.3 is 0 Å². The van der Waals surface area contributed by atoms with E-state index in [1.165, 1.54) is 36.8 Å². The van der Waals surface area contributed by atoms with Crippen molar-refractivity contribution >= 4 is 5.78 Å². The van der Waals surface area contributed by atoms with Gasteiger partial charge in [0.2, 0.25) is 0 Å². The molecule has 0 radical (unpaired) electrons. The molecular weight excluding hydrogens is 208 g/mol. The zero-order valence-corrected chi connectivity index (χ0v) is 11.0. The van der Waals surface area contributed by atoms with Gasteiger partial charge in [-0.25, -0.2) is 0 Å². The van der Waals surface area contributed by atoms with Crippen molar-refractivity contribution in [2.24, 2.45) is 5.92 Å². The van der Waals surface area contributed by atoms with Gasteiger partial charge in [0.1, 0.15) is 0 Å². The molecule has 1 aliphatic rings. The summed E-state index contributed by atoms with van der Waals surface area (Å²) in [6.07, 6.45) is 7.21. The molecule has 0 unspecified atom stereocenters. The van der Waals surface area contributed by atoms with E-state index in [1.807, 2.05) is 12.1 Å². The van der Waals surface area contributed by atoms with Crippen LogP contribution < -0.4 is 0 Å². The van der Waals surface area contributed by atoms with Gasteiger partial charge in [0.25, 0.3) is 0 Å². The summed E-state index contributed by atoms with van der Waals surface area (Å²) in [6, 6.07) is 6.06. The smallest absolute Gasteiger partial charge is 0.162 e. The van der Waals surface area contributed by atoms with Crippen molar-refractivity contribution in [2.75, 3.05) is 0 Å². The van der Waals surface area contributed by atoms with E-state index >= 15 is 0 Å². The minimum Gasteiger partial charge on any atom is -0.294 e. The van der Waals surface area contributed by atoms with E-state index in [9.17, 15) is 4.79 Å². The van der Waals surface area contributed by atoms with E-state index in [-0.39, 0.29) is 0 Å². The van der Waals surface area contributed by atoms with Crippen LogP contribution in [0.4, 0.5) is 0 Å². The molecule has 0 saturated heterocycles. The van der Waals surface area contributed by atoms with E-state index < -0.39 is 0 Å². The maximum atomic E-state index is 12.1. The van der Waals surface area contributed by atoms with Gasteiger partial charge in [0.15, 0.2) is 5.78 Å². The highest BCUT2D eigenvalue weighted by molar-refractivity contribution is 5.96. The lowest BCUT2D eigenvalue weighted by Crippen LogP contribution is -2.03. The van der Waals surface area contributed by atoms with Crippen molar-refractivity contribution < 1.29 is 4.79 Å². The van der Waals surface area contributed by atoms with Crippen LogP contribution in [-0.2, 0) is 0 Å². The first-order valence-electron chi connectivity index (χ1n) is 6.77. The first kappa shape index (κ1) is 12.3. The predicted molar refractivity (Wildman–Crippen MR) is 71.4 cm³/mol. The summed E-state index contributed by atoms with van der Waals surface area (Å²) in [5.74, 6) is 1.13. The summed E-state index contributed by atoms with van der Waals surface area (Å²) in [7, 11) is 0. The highest BCUT2D eigenvalue weighted by Crippen LogP contribution is 2.29. The Morgan fingerprint density at radius 1 is 1.18 bits per heavy atom. The van der Waals surface area contributed by atoms with Gasteiger partial charge in [-0.15, -0.1) is 0 Å². The predicted octanol–water partition coefficient (Wildman–Crippen LogP) is 4.46. The standard InChI is InChI=1S/C16H22O/c1-12-7-9-15(11-13(12)2)16(17)10-8-14-5-3-4-6-14/h7,9,11,14H,3-6,8,10H2,1-2H3. The molecule has 1 aromatic rings. The van der Waals surface area contributed by atoms with E-state index in [2.05, 4.69) is 19.9 Å². The largest absolute Gasteiger partial charge is 0.294 e. The van der Waals surface area contributed by atoms with E-state index in [0.717, 1.165) is 24.3 Å². The first-order valence-corrected chi connectivity index (χ1v) is 6.77. The highest BCUT2D eigenvalue weighted by atomic mass is 16.1. The maximum absolute atomic E-state index is 12.1. The van der Waals surface area contributed by atoms with Gasteiger partial charge in [-0.05, 0) is 43.4 Å². The second-order valence-corrected chi connectivity index (χ2v) is 5.41. The number of benzene rings is 1. The van der Waals surface area contributed by atoms with Crippen LogP contribution in [0.25, 0.3) is 0 Å². The third-order valence-electron chi connectivity index (χ3n) is 4.08. The molecular formula is C16H22O. The Morgan fingerprint density at radius 2 is 1.88 bits per heavy atom. The molecule has 0 amide bonds. The maximum Gasteiger partial charge on any atom is 0.162 e. The molecule has 0 atom stereocenters. The fraction of sp³-hybridized carbons (Fsp3) is 0.562. The third-order valence-corrected chi connectivity index (χ3v) is 4.08. The average molecular weight is 230 g/mol. The average Bonchev–Trinajstić information content (AvgIpc) is 2.82. The van der Waals surface area contributed by atoms with Crippen LogP contribution in [0.15, 0.2) is 18.2 Å². The van der Waals surface area contributed by atoms with Crippen molar-refractivity contribution in [2.45, 2.75) is 52.4 Å². The molecule has 1 aromatic carbocycles. The number of rotatable bonds is 4. The lowest BCUT2D eigenvalue weighted by molar-refractivity contribution is 0.0974. The molecule has 0 N–H and O–H groups in total. The van der Waals surface area contributed by atoms with Gasteiger partial charge in [-0.2, -0.15) is 0 Å². The second-order valence-electron chi connectivity index (χ2n) is 5.41. The number of hydrogen-bond acceptors (Lipinski definition) is 1. The van der Waals surface area contributed by atoms with Crippen molar-refractivity contribution in [3.05, 3.63) is 34.9 Å². The molecule has 2 rings (SSSR count). The Kier molecular flexibility index (Phi) is 3.98. The Hall–Kier alpha value is -1.11. The Bertz CT molecular complexity index is 400. The summed E-state index contributed by atoms with van der Waals surface area (Å²) in [6.45, 7) is 4.16. The van der Waals surface area contributed by atoms with E-state index in [1.54, 1.807) is 0 Å². The van der Waals surface area contributed by atoms with E-state index in [0.29, 0.717) is 5.78 Å². The summed E-state index contributed by atoms with van der Waals surface area (Å²) in [5.41, 5.74) is 3.38. The normalized spacial score (nSPS) is 16.4. The van der Waals surface area contributed by atoms with Gasteiger partial charge < -0.3 is 0 Å². The molecule has 1 heteroatoms. The van der Waals surface area contributed by atoms with Gasteiger partial charge in [0, 0.05) is 12.0 Å². The summed E-state index contributed by atoms with van der Waals surface area (Å²) >= 11 is 0. The highest BCUT2D eigenvalue weighted by Gasteiger charge is 2.16. The Balaban J connectivity index is 1.92. The number of hydrogen-bond donors (Lipinski definition) is 0. The molecule has 0 heterocycles. The lowest BCUT2D eigenvalue weighted by atomic mass is 9.96. The van der Waals surface area contributed by atoms with Gasteiger partial charge in [0.05, 0.1) is 0 Å². The van der Waals surface area contributed by atoms with Crippen molar-refractivity contribution in [3.63, 3.8) is 0 Å². The molecule has 0 aromatic heterocycles. The Labute approximate surface area is 104 Å². The summed E-state index contributed by atoms with van der Waals surface area (Å²) in [4.78, 5) is 12.1. The van der Waals surface area contributed by atoms with Crippen molar-refractivity contribution in [1.82, 2.24) is 0 Å². The van der Waals surface area contributed by atoms with Crippen molar-refractivity contribution in [3.8, 4) is 0 Å². The third kappa shape index (κ3) is 3.18. The molecule has 1 saturated carbocycles. The summed E-state index contributed by atoms with van der Waals surface area (Å²) < 4.78 is 0. The van der Waals surface area contributed by atoms with Gasteiger partial charge in [-0.1, -0.05) is 37.8 Å². The summed E-state index contributed by atoms with van der Waals surface area (Å²) in [5, 5.41) is 0. The number of carbonyl (C=O) groups is 1. The molecule has 17 heavy (non-hydrogen) atoms. The molecule has 1 nitrogen and oxygen atoms in total. The number of ketones is 1. The fourth-order valence-electron chi connectivity index (χ4n) is 2.69. The van der Waals surface area contributed by atoms with Crippen LogP contribution in [0.1, 0.15) is 60.0 Å². The fourth-order valence-corrected chi connectivity index (χ4v) is 2.69. The monoisotopic (exact) mass is 230 g/mol. The minimum atomic E-state index is 0.319. The Morgan fingerprint density at radius 3 is 2.53 bits per heavy atom. The number of carbonyl (C=O) groups excluding carboxylic acids is 1. The second kappa shape index (κ2) is 5.48. The van der Waals surface area contributed by atoms with Crippen LogP contribution in [0.3, 0.4) is 0 Å². The molecule has 92 valence electrons. The SMILES string of the molecule is Cc1ccc(C(=O)CCC2CCCC2)cc1C. The van der Waals surface area contributed by atoms with Crippen LogP contribution in [0.5, 0.6) is 0 Å². The number of Topliss-reactive ketones (excluding diaryl/α,β-unsaturated/α-hetero) is 1. The quantitative estimate of drug-likeness (QED) is 0.698. The van der Waals surface area contributed by atoms with Crippen LogP contribution in [-0.4, -0.2) is 5.78 Å². The van der Waals surface area contributed by atoms with Crippen LogP contribution in [0.2, 0.25) is 0 Å².